The Hall–Kier alpha value is -2.29. The van der Waals surface area contributed by atoms with Crippen molar-refractivity contribution in [2.75, 3.05) is 0 Å². The van der Waals surface area contributed by atoms with E-state index in [1.165, 1.54) is 17.7 Å². The molecule has 1 heterocycles. The van der Waals surface area contributed by atoms with Crippen molar-refractivity contribution in [2.45, 2.75) is 18.9 Å². The molecule has 2 nitrogen and oxygen atoms in total. The van der Waals surface area contributed by atoms with Crippen LogP contribution in [0.25, 0.3) is 0 Å². The van der Waals surface area contributed by atoms with Gasteiger partial charge in [0.05, 0.1) is 6.04 Å². The molecule has 1 unspecified atom stereocenters. The fraction of sp³-hybridized carbons (Fsp3) is 0.176. The van der Waals surface area contributed by atoms with Crippen molar-refractivity contribution in [1.82, 2.24) is 0 Å². The summed E-state index contributed by atoms with van der Waals surface area (Å²) in [5.41, 5.74) is 3.88. The zero-order valence-electron chi connectivity index (χ0n) is 10.9. The molecule has 100 valence electrons. The van der Waals surface area contributed by atoms with E-state index < -0.39 is 0 Å². The van der Waals surface area contributed by atoms with Crippen LogP contribution in [0.2, 0.25) is 0 Å². The number of benzene rings is 2. The number of halogens is 1. The molecular weight excluding hydrogens is 253 g/mol. The van der Waals surface area contributed by atoms with Crippen molar-refractivity contribution in [3.8, 4) is 0 Å². The van der Waals surface area contributed by atoms with E-state index in [1.807, 2.05) is 24.4 Å². The number of hydrogen-bond donors (Lipinski definition) is 0. The summed E-state index contributed by atoms with van der Waals surface area (Å²) in [6, 6.07) is 12.2. The molecular formula is C17H14FNO. The first-order chi connectivity index (χ1) is 9.76. The summed E-state index contributed by atoms with van der Waals surface area (Å²) in [5.74, 6) is -0.231. The zero-order valence-corrected chi connectivity index (χ0v) is 10.9. The Kier molecular flexibility index (Phi) is 3.42. The highest BCUT2D eigenvalue weighted by Crippen LogP contribution is 2.27. The normalized spacial score (nSPS) is 17.4. The molecule has 0 aliphatic carbocycles. The highest BCUT2D eigenvalue weighted by atomic mass is 19.1. The van der Waals surface area contributed by atoms with E-state index in [-0.39, 0.29) is 11.9 Å². The number of carbonyl (C=O) groups excluding carboxylic acids is 1. The van der Waals surface area contributed by atoms with Gasteiger partial charge in [-0.3, -0.25) is 9.79 Å². The van der Waals surface area contributed by atoms with Crippen molar-refractivity contribution in [3.05, 3.63) is 70.5 Å². The third kappa shape index (κ3) is 2.52. The molecule has 0 saturated carbocycles. The Balaban J connectivity index is 1.90. The quantitative estimate of drug-likeness (QED) is 0.762. The maximum absolute atomic E-state index is 13.0. The summed E-state index contributed by atoms with van der Waals surface area (Å²) < 4.78 is 13.0. The van der Waals surface area contributed by atoms with Crippen LogP contribution < -0.4 is 0 Å². The fourth-order valence-corrected chi connectivity index (χ4v) is 2.51. The molecule has 0 aromatic heterocycles. The molecule has 2 aromatic rings. The van der Waals surface area contributed by atoms with Gasteiger partial charge in [0.25, 0.3) is 0 Å². The Morgan fingerprint density at radius 3 is 2.70 bits per heavy atom. The predicted molar refractivity (Wildman–Crippen MR) is 76.9 cm³/mol. The molecule has 2 aromatic carbocycles. The number of nitrogens with zero attached hydrogens (tertiary/aromatic N) is 1. The lowest BCUT2D eigenvalue weighted by Gasteiger charge is -2.10. The van der Waals surface area contributed by atoms with Crippen molar-refractivity contribution in [1.29, 1.82) is 0 Å². The minimum Gasteiger partial charge on any atom is -0.298 e. The molecule has 0 amide bonds. The Labute approximate surface area is 117 Å². The van der Waals surface area contributed by atoms with Gasteiger partial charge in [-0.25, -0.2) is 4.39 Å². The van der Waals surface area contributed by atoms with Gasteiger partial charge in [0.2, 0.25) is 0 Å². The van der Waals surface area contributed by atoms with E-state index in [1.54, 1.807) is 12.1 Å². The number of hydrogen-bond acceptors (Lipinski definition) is 2. The first-order valence-electron chi connectivity index (χ1n) is 6.63. The highest BCUT2D eigenvalue weighted by molar-refractivity contribution is 5.86. The molecule has 3 rings (SSSR count). The van der Waals surface area contributed by atoms with Gasteiger partial charge in [-0.1, -0.05) is 24.3 Å². The summed E-state index contributed by atoms with van der Waals surface area (Å²) in [7, 11) is 0. The van der Waals surface area contributed by atoms with E-state index in [9.17, 15) is 9.18 Å². The summed E-state index contributed by atoms with van der Waals surface area (Å²) in [5, 5.41) is 0. The monoisotopic (exact) mass is 267 g/mol. The van der Waals surface area contributed by atoms with Gasteiger partial charge in [0.15, 0.2) is 0 Å². The fourth-order valence-electron chi connectivity index (χ4n) is 2.51. The first-order valence-corrected chi connectivity index (χ1v) is 6.63. The lowest BCUT2D eigenvalue weighted by atomic mass is 9.98. The minimum atomic E-state index is -0.231. The molecule has 0 N–H and O–H groups in total. The molecule has 20 heavy (non-hydrogen) atoms. The Bertz CT molecular complexity index is 661. The number of rotatable bonds is 2. The van der Waals surface area contributed by atoms with E-state index in [0.29, 0.717) is 5.56 Å². The van der Waals surface area contributed by atoms with Gasteiger partial charge >= 0.3 is 0 Å². The molecule has 1 aliphatic rings. The van der Waals surface area contributed by atoms with Crippen LogP contribution in [-0.2, 0) is 6.42 Å². The molecule has 1 atom stereocenters. The van der Waals surface area contributed by atoms with Gasteiger partial charge in [0.1, 0.15) is 12.1 Å². The third-order valence-electron chi connectivity index (χ3n) is 3.64. The SMILES string of the molecule is O=Cc1ccc2c(c1)C=NC(c1ccc(F)cc1)CC2. The van der Waals surface area contributed by atoms with Gasteiger partial charge in [-0.15, -0.1) is 0 Å². The largest absolute Gasteiger partial charge is 0.298 e. The topological polar surface area (TPSA) is 29.4 Å². The number of aliphatic imine (C=N–C) groups is 1. The van der Waals surface area contributed by atoms with Gasteiger partial charge in [-0.2, -0.15) is 0 Å². The lowest BCUT2D eigenvalue weighted by Crippen LogP contribution is -1.96. The van der Waals surface area contributed by atoms with Crippen LogP contribution in [0.5, 0.6) is 0 Å². The summed E-state index contributed by atoms with van der Waals surface area (Å²) in [6.45, 7) is 0. The van der Waals surface area contributed by atoms with Crippen molar-refractivity contribution in [3.63, 3.8) is 0 Å². The average Bonchev–Trinajstić information content (AvgIpc) is 2.70. The van der Waals surface area contributed by atoms with Gasteiger partial charge in [-0.05, 0) is 47.7 Å². The summed E-state index contributed by atoms with van der Waals surface area (Å²) in [4.78, 5) is 15.4. The van der Waals surface area contributed by atoms with Crippen molar-refractivity contribution >= 4 is 12.5 Å². The second-order valence-corrected chi connectivity index (χ2v) is 4.96. The first kappa shape index (κ1) is 12.7. The molecule has 1 aliphatic heterocycles. The highest BCUT2D eigenvalue weighted by Gasteiger charge is 2.14. The average molecular weight is 267 g/mol. The Morgan fingerprint density at radius 2 is 1.95 bits per heavy atom. The molecule has 0 radical (unpaired) electrons. The second kappa shape index (κ2) is 5.37. The molecule has 0 fully saturated rings. The summed E-state index contributed by atoms with van der Waals surface area (Å²) in [6.07, 6.45) is 4.45. The maximum Gasteiger partial charge on any atom is 0.150 e. The number of aldehydes is 1. The smallest absolute Gasteiger partial charge is 0.150 e. The van der Waals surface area contributed by atoms with E-state index in [0.717, 1.165) is 30.3 Å². The number of carbonyl (C=O) groups is 1. The third-order valence-corrected chi connectivity index (χ3v) is 3.64. The Morgan fingerprint density at radius 1 is 1.15 bits per heavy atom. The van der Waals surface area contributed by atoms with Crippen molar-refractivity contribution < 1.29 is 9.18 Å². The van der Waals surface area contributed by atoms with E-state index in [2.05, 4.69) is 4.99 Å². The van der Waals surface area contributed by atoms with Crippen LogP contribution >= 0.6 is 0 Å². The minimum absolute atomic E-state index is 0.0441. The lowest BCUT2D eigenvalue weighted by molar-refractivity contribution is 0.112. The van der Waals surface area contributed by atoms with Crippen LogP contribution in [0.3, 0.4) is 0 Å². The second-order valence-electron chi connectivity index (χ2n) is 4.96. The van der Waals surface area contributed by atoms with Crippen LogP contribution in [0, 0.1) is 5.82 Å². The van der Waals surface area contributed by atoms with Crippen LogP contribution in [0.1, 0.15) is 39.5 Å². The van der Waals surface area contributed by atoms with Crippen LogP contribution in [-0.4, -0.2) is 12.5 Å². The van der Waals surface area contributed by atoms with Crippen LogP contribution in [0.4, 0.5) is 4.39 Å². The van der Waals surface area contributed by atoms with Crippen molar-refractivity contribution in [2.24, 2.45) is 4.99 Å². The van der Waals surface area contributed by atoms with Gasteiger partial charge in [0, 0.05) is 11.8 Å². The summed E-state index contributed by atoms with van der Waals surface area (Å²) >= 11 is 0. The molecule has 0 saturated heterocycles. The maximum atomic E-state index is 13.0. The molecule has 3 heteroatoms. The van der Waals surface area contributed by atoms with E-state index >= 15 is 0 Å². The molecule has 0 spiro atoms. The van der Waals surface area contributed by atoms with Crippen LogP contribution in [0.15, 0.2) is 47.5 Å². The predicted octanol–water partition coefficient (Wildman–Crippen LogP) is 3.74. The zero-order chi connectivity index (χ0) is 13.9. The van der Waals surface area contributed by atoms with Gasteiger partial charge < -0.3 is 0 Å². The van der Waals surface area contributed by atoms with E-state index in [4.69, 9.17) is 0 Å². The standard InChI is InChI=1S/C17H14FNO/c18-16-6-3-14(4-7-16)17-8-5-13-2-1-12(11-20)9-15(13)10-19-17/h1-4,6-7,9-11,17H,5,8H2. The molecule has 0 bridgehead atoms. The number of aryl methyl sites for hydroxylation is 1. The number of fused-ring (bicyclic) bond motifs is 1.